The maximum atomic E-state index is 12.9. The number of carbonyl (C=O) groups excluding carboxylic acids is 4. The third-order valence-corrected chi connectivity index (χ3v) is 8.37. The normalized spacial score (nSPS) is 11.4. The van der Waals surface area contributed by atoms with Crippen LogP contribution in [0.15, 0.2) is 48.5 Å². The van der Waals surface area contributed by atoms with E-state index in [4.69, 9.17) is 33.6 Å². The predicted octanol–water partition coefficient (Wildman–Crippen LogP) is 2.52. The van der Waals surface area contributed by atoms with E-state index in [0.717, 1.165) is 42.4 Å². The van der Waals surface area contributed by atoms with Crippen molar-refractivity contribution < 1.29 is 24.3 Å². The minimum Gasteiger partial charge on any atom is -0.395 e. The Labute approximate surface area is 296 Å². The van der Waals surface area contributed by atoms with Gasteiger partial charge in [0.2, 0.25) is 11.7 Å². The van der Waals surface area contributed by atoms with Crippen molar-refractivity contribution in [1.29, 1.82) is 5.41 Å². The fraction of sp³-hybridized carbons (Fsp3) is 0.400. The first-order chi connectivity index (χ1) is 24.0. The third-order valence-electron chi connectivity index (χ3n) is 8.10. The summed E-state index contributed by atoms with van der Waals surface area (Å²) in [6.07, 6.45) is 5.36. The molecule has 1 heterocycles. The molecule has 2 aromatic carbocycles. The maximum absolute atomic E-state index is 12.9. The Morgan fingerprint density at radius 1 is 0.900 bits per heavy atom. The van der Waals surface area contributed by atoms with Crippen LogP contribution in [0.4, 0.5) is 11.6 Å². The number of nitrogens with zero attached hydrogens (tertiary/aromatic N) is 3. The van der Waals surface area contributed by atoms with Crippen LogP contribution in [0, 0.1) is 5.41 Å². The van der Waals surface area contributed by atoms with E-state index in [0.29, 0.717) is 38.9 Å². The molecule has 0 radical (unpaired) electrons. The minimum absolute atomic E-state index is 0.0565. The van der Waals surface area contributed by atoms with Gasteiger partial charge in [-0.2, -0.15) is 0 Å². The molecule has 1 atom stereocenters. The Hall–Kier alpha value is -4.92. The molecule has 0 aliphatic heterocycles. The number of aliphatic hydroxyl groups is 1. The number of aromatic nitrogens is 2. The number of unbranched alkanes of at least 4 members (excludes halogenated alkanes) is 2. The second kappa shape index (κ2) is 20.6. The monoisotopic (exact) mass is 707 g/mol. The lowest BCUT2D eigenvalue weighted by Crippen LogP contribution is -2.43. The molecule has 0 bridgehead atoms. The van der Waals surface area contributed by atoms with Crippen molar-refractivity contribution in [2.24, 2.45) is 0 Å². The van der Waals surface area contributed by atoms with Crippen molar-refractivity contribution in [2.75, 3.05) is 44.8 Å². The van der Waals surface area contributed by atoms with E-state index in [1.54, 1.807) is 7.05 Å². The molecule has 50 heavy (non-hydrogen) atoms. The van der Waals surface area contributed by atoms with Gasteiger partial charge in [-0.1, -0.05) is 60.1 Å². The average Bonchev–Trinajstić information content (AvgIpc) is 3.11. The Morgan fingerprint density at radius 3 is 2.14 bits per heavy atom. The minimum atomic E-state index is -0.771. The van der Waals surface area contributed by atoms with Gasteiger partial charge < -0.3 is 32.1 Å². The molecule has 3 aromatic rings. The molecular formula is C35H46ClN9O5. The van der Waals surface area contributed by atoms with Gasteiger partial charge in [-0.05, 0) is 73.7 Å². The van der Waals surface area contributed by atoms with Gasteiger partial charge in [0, 0.05) is 26.6 Å². The fourth-order valence-corrected chi connectivity index (χ4v) is 5.35. The number of rotatable bonds is 20. The lowest BCUT2D eigenvalue weighted by molar-refractivity contribution is -0.140. The SMILES string of the molecule is CN(C(=O)CCc1ccc(-c2ccc(CCCCNC(=N)NC(=O)c3nc(Cl)c(N)nc3N)cc2)cc1)[C@@H](CCCCNCCO)C(=O)C=O. The van der Waals surface area contributed by atoms with Crippen LogP contribution in [-0.2, 0) is 27.2 Å². The highest BCUT2D eigenvalue weighted by molar-refractivity contribution is 6.31. The highest BCUT2D eigenvalue weighted by Crippen LogP contribution is 2.22. The second-order valence-electron chi connectivity index (χ2n) is 11.8. The largest absolute Gasteiger partial charge is 0.395 e. The molecule has 9 N–H and O–H groups in total. The van der Waals surface area contributed by atoms with Gasteiger partial charge in [0.25, 0.3) is 5.91 Å². The lowest BCUT2D eigenvalue weighted by atomic mass is 9.99. The summed E-state index contributed by atoms with van der Waals surface area (Å²) in [4.78, 5) is 57.7. The third kappa shape index (κ3) is 12.5. The maximum Gasteiger partial charge on any atom is 0.280 e. The van der Waals surface area contributed by atoms with E-state index in [2.05, 4.69) is 50.2 Å². The summed E-state index contributed by atoms with van der Waals surface area (Å²) in [5.41, 5.74) is 15.3. The molecule has 0 aliphatic rings. The number of nitrogens with two attached hydrogens (primary N) is 2. The number of hydrogen-bond donors (Lipinski definition) is 7. The van der Waals surface area contributed by atoms with Crippen molar-refractivity contribution in [3.05, 3.63) is 70.5 Å². The Kier molecular flexibility index (Phi) is 16.2. The molecule has 0 fully saturated rings. The number of benzene rings is 2. The molecular weight excluding hydrogens is 662 g/mol. The number of likely N-dealkylation sites (N-methyl/N-ethyl adjacent to an activating group) is 1. The standard InChI is InChI=1S/C35H46ClN9O5/c1-45(27(28(48)22-47)7-3-4-18-40-20-21-46)29(49)17-12-24-10-15-26(16-11-24)25-13-8-23(9-14-25)6-2-5-19-41-35(39)44-34(50)30-32(37)43-33(38)31(36)42-30/h8-11,13-16,22,27,40,46H,2-7,12,17-21H2,1H3,(H4,37,38,43)(H3,39,41,44,50)/t27-/m0/s1. The zero-order valence-electron chi connectivity index (χ0n) is 28.2. The van der Waals surface area contributed by atoms with E-state index in [1.165, 1.54) is 10.5 Å². The quantitative estimate of drug-likeness (QED) is 0.0297. The van der Waals surface area contributed by atoms with E-state index in [9.17, 15) is 19.2 Å². The number of guanidine groups is 1. The van der Waals surface area contributed by atoms with Crippen LogP contribution in [0.25, 0.3) is 11.1 Å². The van der Waals surface area contributed by atoms with E-state index in [-0.39, 0.29) is 53.7 Å². The van der Waals surface area contributed by atoms with E-state index >= 15 is 0 Å². The van der Waals surface area contributed by atoms with Gasteiger partial charge in [0.05, 0.1) is 12.6 Å². The molecule has 2 amide bonds. The van der Waals surface area contributed by atoms with Gasteiger partial charge in [0.15, 0.2) is 34.7 Å². The summed E-state index contributed by atoms with van der Waals surface area (Å²) < 4.78 is 0. The van der Waals surface area contributed by atoms with Crippen LogP contribution < -0.4 is 27.4 Å². The first-order valence-corrected chi connectivity index (χ1v) is 16.9. The van der Waals surface area contributed by atoms with Crippen LogP contribution >= 0.6 is 11.6 Å². The first-order valence-electron chi connectivity index (χ1n) is 16.5. The highest BCUT2D eigenvalue weighted by Gasteiger charge is 2.25. The number of hydrogen-bond acceptors (Lipinski definition) is 11. The number of ketones is 1. The average molecular weight is 708 g/mol. The summed E-state index contributed by atoms with van der Waals surface area (Å²) in [5, 5.41) is 24.9. The van der Waals surface area contributed by atoms with E-state index < -0.39 is 17.7 Å². The first kappa shape index (κ1) is 39.5. The summed E-state index contributed by atoms with van der Waals surface area (Å²) in [7, 11) is 1.57. The second-order valence-corrected chi connectivity index (χ2v) is 12.1. The van der Waals surface area contributed by atoms with Gasteiger partial charge in [-0.25, -0.2) is 9.97 Å². The molecule has 0 saturated heterocycles. The summed E-state index contributed by atoms with van der Waals surface area (Å²) in [6.45, 7) is 1.73. The fourth-order valence-electron chi connectivity index (χ4n) is 5.22. The molecule has 0 spiro atoms. The highest BCUT2D eigenvalue weighted by atomic mass is 35.5. The number of nitrogen functional groups attached to an aromatic ring is 2. The smallest absolute Gasteiger partial charge is 0.280 e. The number of Topliss-reactive ketones (excluding diaryl/α,β-unsaturated/α-hetero) is 1. The van der Waals surface area contributed by atoms with Crippen LogP contribution in [-0.4, -0.2) is 89.1 Å². The Bertz CT molecular complexity index is 1600. The zero-order valence-corrected chi connectivity index (χ0v) is 29.0. The number of aliphatic hydroxyl groups excluding tert-OH is 1. The number of nitrogens with one attached hydrogen (secondary N) is 4. The Morgan fingerprint density at radius 2 is 1.52 bits per heavy atom. The summed E-state index contributed by atoms with van der Waals surface area (Å²) in [5.74, 6) is -1.95. The van der Waals surface area contributed by atoms with Crippen molar-refractivity contribution in [3.63, 3.8) is 0 Å². The van der Waals surface area contributed by atoms with E-state index in [1.807, 2.05) is 24.3 Å². The van der Waals surface area contributed by atoms with Crippen molar-refractivity contribution in [2.45, 2.75) is 57.4 Å². The molecule has 0 saturated carbocycles. The molecule has 0 unspecified atom stereocenters. The predicted molar refractivity (Wildman–Crippen MR) is 194 cm³/mol. The topological polar surface area (TPSA) is 230 Å². The number of halogens is 1. The summed E-state index contributed by atoms with van der Waals surface area (Å²) >= 11 is 5.81. The number of amides is 2. The molecule has 15 heteroatoms. The van der Waals surface area contributed by atoms with Gasteiger partial charge in [0.1, 0.15) is 0 Å². The van der Waals surface area contributed by atoms with Gasteiger partial charge in [-0.15, -0.1) is 0 Å². The van der Waals surface area contributed by atoms with Crippen LogP contribution in [0.5, 0.6) is 0 Å². The molecule has 14 nitrogen and oxygen atoms in total. The van der Waals surface area contributed by atoms with Gasteiger partial charge in [-0.3, -0.25) is 29.9 Å². The van der Waals surface area contributed by atoms with Crippen molar-refractivity contribution in [1.82, 2.24) is 30.8 Å². The molecule has 1 aromatic heterocycles. The Balaban J connectivity index is 1.39. The molecule has 3 rings (SSSR count). The van der Waals surface area contributed by atoms with Crippen LogP contribution in [0.1, 0.15) is 60.1 Å². The van der Waals surface area contributed by atoms with Crippen LogP contribution in [0.3, 0.4) is 0 Å². The molecule has 268 valence electrons. The molecule has 0 aliphatic carbocycles. The summed E-state index contributed by atoms with van der Waals surface area (Å²) in [6, 6.07) is 15.5. The zero-order chi connectivity index (χ0) is 36.5. The van der Waals surface area contributed by atoms with Gasteiger partial charge >= 0.3 is 0 Å². The van der Waals surface area contributed by atoms with Crippen molar-refractivity contribution in [3.8, 4) is 11.1 Å². The van der Waals surface area contributed by atoms with Crippen molar-refractivity contribution >= 4 is 53.1 Å². The number of aryl methyl sites for hydroxylation is 2. The van der Waals surface area contributed by atoms with Crippen LogP contribution in [0.2, 0.25) is 5.15 Å². The number of aldehydes is 1. The number of anilines is 2. The number of carbonyl (C=O) groups is 4. The lowest BCUT2D eigenvalue weighted by Gasteiger charge is -2.26.